The number of likely N-dealkylation sites (tertiary alicyclic amines) is 2. The number of esters is 1. The van der Waals surface area contributed by atoms with Crippen molar-refractivity contribution in [1.82, 2.24) is 35.1 Å². The Bertz CT molecular complexity index is 2640. The van der Waals surface area contributed by atoms with Gasteiger partial charge in [0.1, 0.15) is 18.1 Å². The molecule has 67 heavy (non-hydrogen) atoms. The van der Waals surface area contributed by atoms with Gasteiger partial charge in [0.25, 0.3) is 11.8 Å². The van der Waals surface area contributed by atoms with Crippen LogP contribution in [0.15, 0.2) is 60.8 Å². The molecule has 2 aromatic carbocycles. The maximum absolute atomic E-state index is 14.8. The minimum atomic E-state index is -1.04. The van der Waals surface area contributed by atoms with Crippen LogP contribution in [0.1, 0.15) is 97.1 Å². The van der Waals surface area contributed by atoms with E-state index in [1.165, 1.54) is 5.01 Å². The monoisotopic (exact) mass is 911 g/mol. The van der Waals surface area contributed by atoms with Crippen molar-refractivity contribution in [3.05, 3.63) is 77.6 Å². The molecule has 3 saturated heterocycles. The van der Waals surface area contributed by atoms with Crippen LogP contribution in [0.4, 0.5) is 0 Å². The van der Waals surface area contributed by atoms with Crippen molar-refractivity contribution < 1.29 is 33.4 Å². The molecular weight excluding hydrogens is 847 g/mol. The number of aryl methyl sites for hydroxylation is 1. The predicted octanol–water partition coefficient (Wildman–Crippen LogP) is 6.24. The van der Waals surface area contributed by atoms with Gasteiger partial charge in [-0.2, -0.15) is 0 Å². The van der Waals surface area contributed by atoms with E-state index in [9.17, 15) is 24.0 Å². The summed E-state index contributed by atoms with van der Waals surface area (Å²) in [5.41, 5.74) is 9.74. The zero-order valence-corrected chi connectivity index (χ0v) is 40.2. The van der Waals surface area contributed by atoms with Crippen molar-refractivity contribution >= 4 is 40.5 Å². The molecule has 4 amide bonds. The summed E-state index contributed by atoms with van der Waals surface area (Å²) >= 11 is 0. The minimum absolute atomic E-state index is 0.138. The van der Waals surface area contributed by atoms with E-state index in [0.29, 0.717) is 58.3 Å². The third-order valence-electron chi connectivity index (χ3n) is 14.3. The van der Waals surface area contributed by atoms with E-state index in [2.05, 4.69) is 84.3 Å². The second-order valence-electron chi connectivity index (χ2n) is 19.9. The van der Waals surface area contributed by atoms with Crippen LogP contribution in [0.3, 0.4) is 0 Å². The molecule has 354 valence electrons. The zero-order valence-electron chi connectivity index (χ0n) is 40.2. The molecule has 4 aliphatic rings. The number of methoxy groups -OCH3 is 1. The van der Waals surface area contributed by atoms with Gasteiger partial charge in [0.05, 0.1) is 29.5 Å². The topological polar surface area (TPSA) is 155 Å². The molecule has 0 unspecified atom stereocenters. The molecule has 5 atom stereocenters. The fraction of sp³-hybridized carbons (Fsp3) is 0.509. The normalized spacial score (nSPS) is 22.9. The standard InChI is InChI=1S/C53H65N7O7/c1-9-14-44(61)57-25-21-53(31-57)22-26-59(51(53)65)46(33(3)4)48(62)55-42-28-35-15-11-16-36(27-35)37-19-20-43-39(29-37)40(47(58(43)10-2)38-17-12-23-54-45(38)34(5)66-8)30-52(6,7)32-67-50(64)41-18-13-24-60(56-41)49(42)63/h11-12,15-17,19-20,23,27,29,33-34,41-42,46,56H,10,13,18,21-22,24-26,28,30-32H2,1-8H3,(H,55,62)/t34-,41-,42-,46-,53+/m0/s1. The number of carbonyl (C=O) groups excluding carboxylic acids is 5. The summed E-state index contributed by atoms with van der Waals surface area (Å²) in [5.74, 6) is 3.25. The number of nitrogens with one attached hydrogen (secondary N) is 2. The van der Waals surface area contributed by atoms with Crippen molar-refractivity contribution in [2.75, 3.05) is 39.9 Å². The van der Waals surface area contributed by atoms with Crippen molar-refractivity contribution in [2.24, 2.45) is 16.7 Å². The number of aromatic nitrogens is 2. The summed E-state index contributed by atoms with van der Waals surface area (Å²) < 4.78 is 14.3. The molecule has 1 spiro atoms. The van der Waals surface area contributed by atoms with Gasteiger partial charge < -0.3 is 29.2 Å². The molecule has 4 aromatic rings. The summed E-state index contributed by atoms with van der Waals surface area (Å²) in [5, 5.41) is 5.64. The summed E-state index contributed by atoms with van der Waals surface area (Å²) in [4.78, 5) is 78.6. The maximum Gasteiger partial charge on any atom is 0.324 e. The fourth-order valence-electron chi connectivity index (χ4n) is 10.8. The van der Waals surface area contributed by atoms with Crippen LogP contribution in [0.2, 0.25) is 0 Å². The Balaban J connectivity index is 1.18. The zero-order chi connectivity index (χ0) is 47.8. The molecular formula is C53H65N7O7. The molecule has 14 heteroatoms. The first kappa shape index (κ1) is 47.5. The van der Waals surface area contributed by atoms with Gasteiger partial charge in [0, 0.05) is 74.3 Å². The molecule has 2 aromatic heterocycles. The highest BCUT2D eigenvalue weighted by molar-refractivity contribution is 5.98. The van der Waals surface area contributed by atoms with Crippen LogP contribution in [-0.4, -0.2) is 112 Å². The summed E-state index contributed by atoms with van der Waals surface area (Å²) in [6, 6.07) is 16.0. The number of hydrogen-bond acceptors (Lipinski definition) is 9. The second-order valence-corrected chi connectivity index (χ2v) is 19.9. The Morgan fingerprint density at radius 2 is 1.79 bits per heavy atom. The molecule has 0 radical (unpaired) electrons. The SMILES string of the molecule is CC#CC(=O)N1CC[C@@]2(CCN([C@H](C(=O)N[C@H]3Cc4cccc(c4)-c4ccc5c(c4)c(c(-c4cccnc4[C@H](C)OC)n5CC)CC(C)(C)COC(=O)[C@@H]4CCCN(N4)C3=O)C(C)C)C2=O)C1. The largest absolute Gasteiger partial charge is 0.464 e. The number of hydrogen-bond donors (Lipinski definition) is 2. The first-order chi connectivity index (χ1) is 32.1. The van der Waals surface area contributed by atoms with Crippen LogP contribution in [-0.2, 0) is 52.8 Å². The van der Waals surface area contributed by atoms with Crippen LogP contribution in [0.5, 0.6) is 0 Å². The molecule has 8 rings (SSSR count). The Morgan fingerprint density at radius 1 is 1.01 bits per heavy atom. The molecule has 4 aliphatic heterocycles. The molecule has 3 fully saturated rings. The van der Waals surface area contributed by atoms with Gasteiger partial charge in [-0.3, -0.25) is 34.0 Å². The number of carbonyl (C=O) groups is 5. The molecule has 6 bridgehead atoms. The van der Waals surface area contributed by atoms with Crippen molar-refractivity contribution in [2.45, 2.75) is 118 Å². The summed E-state index contributed by atoms with van der Waals surface area (Å²) in [6.45, 7) is 16.0. The fourth-order valence-corrected chi connectivity index (χ4v) is 10.8. The van der Waals surface area contributed by atoms with Gasteiger partial charge in [0.2, 0.25) is 11.8 Å². The van der Waals surface area contributed by atoms with Crippen molar-refractivity contribution in [3.8, 4) is 34.2 Å². The second kappa shape index (κ2) is 19.3. The lowest BCUT2D eigenvalue weighted by molar-refractivity contribution is -0.155. The van der Waals surface area contributed by atoms with E-state index in [4.69, 9.17) is 14.5 Å². The average Bonchev–Trinajstić information content (AvgIpc) is 3.99. The molecule has 0 aliphatic carbocycles. The highest BCUT2D eigenvalue weighted by Crippen LogP contribution is 2.44. The van der Waals surface area contributed by atoms with Gasteiger partial charge in [0.15, 0.2) is 0 Å². The summed E-state index contributed by atoms with van der Waals surface area (Å²) in [7, 11) is 1.69. The Labute approximate surface area is 394 Å². The van der Waals surface area contributed by atoms with Gasteiger partial charge in [-0.15, -0.1) is 0 Å². The van der Waals surface area contributed by atoms with Gasteiger partial charge in [-0.1, -0.05) is 63.9 Å². The number of rotatable bonds is 8. The molecule has 6 heterocycles. The van der Waals surface area contributed by atoms with E-state index in [1.807, 2.05) is 39.0 Å². The number of benzene rings is 2. The van der Waals surface area contributed by atoms with E-state index in [1.54, 1.807) is 30.0 Å². The first-order valence-electron chi connectivity index (χ1n) is 23.9. The number of cyclic esters (lactones) is 1. The van der Waals surface area contributed by atoms with Gasteiger partial charge in [-0.25, -0.2) is 5.43 Å². The Hall–Kier alpha value is -6.04. The number of amides is 4. The summed E-state index contributed by atoms with van der Waals surface area (Å²) in [6.07, 6.45) is 4.34. The lowest BCUT2D eigenvalue weighted by atomic mass is 9.84. The molecule has 14 nitrogen and oxygen atoms in total. The molecule has 0 saturated carbocycles. The van der Waals surface area contributed by atoms with Crippen LogP contribution in [0.25, 0.3) is 33.3 Å². The minimum Gasteiger partial charge on any atom is -0.464 e. The number of ether oxygens (including phenoxy) is 2. The quantitative estimate of drug-likeness (QED) is 0.154. The van der Waals surface area contributed by atoms with Gasteiger partial charge in [-0.05, 0) is 111 Å². The van der Waals surface area contributed by atoms with E-state index in [-0.39, 0.29) is 49.3 Å². The number of hydrazine groups is 1. The predicted molar refractivity (Wildman–Crippen MR) is 256 cm³/mol. The first-order valence-corrected chi connectivity index (χ1v) is 23.9. The highest BCUT2D eigenvalue weighted by atomic mass is 16.5. The van der Waals surface area contributed by atoms with Crippen LogP contribution >= 0.6 is 0 Å². The smallest absolute Gasteiger partial charge is 0.324 e. The number of pyridine rings is 1. The number of fused-ring (bicyclic) bond motifs is 6. The highest BCUT2D eigenvalue weighted by Gasteiger charge is 2.54. The van der Waals surface area contributed by atoms with Crippen molar-refractivity contribution in [3.63, 3.8) is 0 Å². The third kappa shape index (κ3) is 9.33. The maximum atomic E-state index is 14.8. The van der Waals surface area contributed by atoms with E-state index in [0.717, 1.165) is 50.1 Å². The van der Waals surface area contributed by atoms with E-state index < -0.39 is 40.8 Å². The number of nitrogens with zero attached hydrogens (tertiary/aromatic N) is 5. The average molecular weight is 912 g/mol. The van der Waals surface area contributed by atoms with Crippen molar-refractivity contribution in [1.29, 1.82) is 0 Å². The van der Waals surface area contributed by atoms with Crippen LogP contribution < -0.4 is 10.7 Å². The van der Waals surface area contributed by atoms with Gasteiger partial charge >= 0.3 is 5.97 Å². The molecule has 2 N–H and O–H groups in total. The van der Waals surface area contributed by atoms with E-state index >= 15 is 0 Å². The lowest BCUT2D eigenvalue weighted by Gasteiger charge is -2.37. The Morgan fingerprint density at radius 3 is 2.54 bits per heavy atom. The lowest BCUT2D eigenvalue weighted by Crippen LogP contribution is -2.62. The third-order valence-corrected chi connectivity index (χ3v) is 14.3. The van der Waals surface area contributed by atoms with Crippen LogP contribution in [0, 0.1) is 28.6 Å². The Kier molecular flexibility index (Phi) is 13.7.